The number of ether oxygens (including phenoxy) is 4. The van der Waals surface area contributed by atoms with Crippen molar-refractivity contribution in [3.8, 4) is 11.5 Å². The van der Waals surface area contributed by atoms with Crippen LogP contribution in [-0.2, 0) is 32.9 Å². The number of phosphoric ester groups is 1. The average Bonchev–Trinajstić information content (AvgIpc) is 3.55. The number of anilines is 1. The molecule has 3 saturated heterocycles. The third-order valence-corrected chi connectivity index (χ3v) is 22.4. The highest BCUT2D eigenvalue weighted by molar-refractivity contribution is 7.54. The first-order valence-electron chi connectivity index (χ1n) is 26.6. The highest BCUT2D eigenvalue weighted by Crippen LogP contribution is 2.62. The number of nitrogen functional groups attached to an aromatic ring is 1. The van der Waals surface area contributed by atoms with Crippen LogP contribution in [0.4, 0.5) is 5.82 Å². The zero-order valence-electron chi connectivity index (χ0n) is 45.2. The van der Waals surface area contributed by atoms with E-state index in [1.54, 1.807) is 25.7 Å². The number of fused-ring (bicyclic) bond motifs is 1. The lowest BCUT2D eigenvalue weighted by molar-refractivity contribution is -0.274. The summed E-state index contributed by atoms with van der Waals surface area (Å²) in [6, 6.07) is 44.7. The zero-order chi connectivity index (χ0) is 56.0. The number of aliphatic hydroxyl groups excluding tert-OH is 1. The van der Waals surface area contributed by atoms with E-state index in [2.05, 4.69) is 65.0 Å². The number of rotatable bonds is 16. The molecule has 0 radical (unpaired) electrons. The van der Waals surface area contributed by atoms with Crippen molar-refractivity contribution in [2.45, 2.75) is 106 Å². The van der Waals surface area contributed by atoms with Gasteiger partial charge in [-0.2, -0.15) is 13.6 Å². The van der Waals surface area contributed by atoms with Gasteiger partial charge in [0.15, 0.2) is 11.5 Å². The highest BCUT2D eigenvalue weighted by Gasteiger charge is 2.60. The van der Waals surface area contributed by atoms with E-state index in [1.807, 2.05) is 115 Å². The van der Waals surface area contributed by atoms with Crippen molar-refractivity contribution in [2.24, 2.45) is 0 Å². The van der Waals surface area contributed by atoms with Crippen molar-refractivity contribution >= 4 is 43.8 Å². The quantitative estimate of drug-likeness (QED) is 0.0537. The molecule has 0 spiro atoms. The van der Waals surface area contributed by atoms with Crippen molar-refractivity contribution < 1.29 is 46.9 Å². The van der Waals surface area contributed by atoms with Gasteiger partial charge in [0.25, 0.3) is 13.9 Å². The Morgan fingerprint density at radius 2 is 1.32 bits per heavy atom. The van der Waals surface area contributed by atoms with E-state index in [0.717, 1.165) is 10.4 Å². The molecule has 0 aliphatic carbocycles. The Hall–Kier alpha value is -6.94. The Kier molecular flexibility index (Phi) is 15.2. The van der Waals surface area contributed by atoms with Crippen LogP contribution in [0.25, 0.3) is 11.2 Å². The summed E-state index contributed by atoms with van der Waals surface area (Å²) >= 11 is 0. The summed E-state index contributed by atoms with van der Waals surface area (Å²) in [7, 11) is -4.84. The van der Waals surface area contributed by atoms with Crippen LogP contribution >= 0.6 is 8.17 Å². The maximum atomic E-state index is 15.8. The van der Waals surface area contributed by atoms with Gasteiger partial charge in [-0.3, -0.25) is 18.9 Å². The number of aromatic amines is 1. The van der Waals surface area contributed by atoms with Gasteiger partial charge in [0.2, 0.25) is 0 Å². The van der Waals surface area contributed by atoms with Gasteiger partial charge in [-0.05, 0) is 63.3 Å². The third kappa shape index (κ3) is 9.97. The lowest BCUT2D eigenvalue weighted by Gasteiger charge is -2.46. The molecule has 2 unspecified atom stereocenters. The van der Waals surface area contributed by atoms with Gasteiger partial charge in [-0.15, -0.1) is 0 Å². The molecular formula is C59H64N7O12PSi. The van der Waals surface area contributed by atoms with Gasteiger partial charge >= 0.3 is 13.9 Å². The fraction of sp³-hybridized carbons (Fsp3) is 0.339. The number of H-pyrrole nitrogens is 1. The van der Waals surface area contributed by atoms with Gasteiger partial charge in [-0.1, -0.05) is 136 Å². The number of methoxy groups -OCH3 is 2. The Balaban J connectivity index is 1.01. The van der Waals surface area contributed by atoms with E-state index in [-0.39, 0.29) is 31.7 Å². The molecule has 416 valence electrons. The number of benzene rings is 5. The van der Waals surface area contributed by atoms with Crippen LogP contribution < -0.4 is 41.7 Å². The van der Waals surface area contributed by atoms with Crippen LogP contribution in [0.1, 0.15) is 74.7 Å². The van der Waals surface area contributed by atoms with Crippen LogP contribution in [-0.4, -0.2) is 99.9 Å². The van der Waals surface area contributed by atoms with Crippen LogP contribution in [0.5, 0.6) is 11.5 Å². The number of nitrogens with two attached hydrogens (primary N) is 1. The van der Waals surface area contributed by atoms with E-state index in [0.29, 0.717) is 44.9 Å². The summed E-state index contributed by atoms with van der Waals surface area (Å²) in [4.78, 5) is 57.7. The summed E-state index contributed by atoms with van der Waals surface area (Å²) in [6.45, 7) is 8.02. The molecule has 4 N–H and O–H groups in total. The van der Waals surface area contributed by atoms with Crippen molar-refractivity contribution in [1.29, 1.82) is 0 Å². The maximum absolute atomic E-state index is 15.8. The number of phosphoric acid groups is 1. The molecule has 3 aliphatic heterocycles. The second-order valence-electron chi connectivity index (χ2n) is 21.4. The third-order valence-electron chi connectivity index (χ3n) is 15.7. The molecule has 0 bridgehead atoms. The summed E-state index contributed by atoms with van der Waals surface area (Å²) in [5, 5.41) is 15.3. The van der Waals surface area contributed by atoms with Crippen LogP contribution in [0.3, 0.4) is 0 Å². The topological polar surface area (TPSA) is 242 Å². The number of aliphatic hydroxyl groups is 1. The molecule has 19 nitrogen and oxygen atoms in total. The summed E-state index contributed by atoms with van der Waals surface area (Å²) in [6.07, 6.45) is -3.92. The molecule has 80 heavy (non-hydrogen) atoms. The molecule has 21 heteroatoms. The van der Waals surface area contributed by atoms with E-state index < -0.39 is 87.3 Å². The summed E-state index contributed by atoms with van der Waals surface area (Å²) < 4.78 is 55.7. The minimum atomic E-state index is -4.67. The van der Waals surface area contributed by atoms with Crippen molar-refractivity contribution in [2.75, 3.05) is 26.6 Å². The predicted octanol–water partition coefficient (Wildman–Crippen LogP) is 6.43. The first-order chi connectivity index (χ1) is 38.6. The molecule has 3 aliphatic rings. The smallest absolute Gasteiger partial charge is 0.380 e. The Morgan fingerprint density at radius 3 is 1.91 bits per heavy atom. The molecule has 11 rings (SSSR count). The standard InChI is InChI=1S/C59H64N7O12PSi/c1-37-34-65(57(69)64-56(37)68)48-33-47(78-80(58(2,3)4,43-18-12-8-13-19-43)44-20-14-9-15-21-44)51(74-48)45-30-31-73-79(70,76-45)77-46-32-49(66-36-63-50-54(60)61-35-62-55(50)66)75-52(46)53(67)59(38-16-10-7-11-17-38,39-22-26-41(71-5)27-23-39)40-24-28-42(72-6)29-25-40/h7-29,34-36,45-49,51-53,67H,30-33H2,1-6H3,(H2,60,61,62)(H,64,68,69)/t45-,46+,47+,48-,49-,51-,52+,53?,79?/m1/s1. The fourth-order valence-electron chi connectivity index (χ4n) is 11.9. The molecule has 6 heterocycles. The largest absolute Gasteiger partial charge is 0.606 e. The second kappa shape index (κ2) is 22.2. The van der Waals surface area contributed by atoms with Crippen molar-refractivity contribution in [1.82, 2.24) is 29.1 Å². The number of hydrogen-bond acceptors (Lipinski definition) is 16. The zero-order valence-corrected chi connectivity index (χ0v) is 47.1. The summed E-state index contributed by atoms with van der Waals surface area (Å²) in [5.74, 6) is 1.36. The van der Waals surface area contributed by atoms with E-state index >= 15 is 4.89 Å². The Bertz CT molecular complexity index is 3470. The molecule has 8 aromatic rings. The molecule has 5 aromatic carbocycles. The van der Waals surface area contributed by atoms with Crippen LogP contribution in [0.15, 0.2) is 168 Å². The first-order valence-corrected chi connectivity index (χ1v) is 29.9. The first kappa shape index (κ1) is 55.0. The molecular weight excluding hydrogens is 1060 g/mol. The lowest BCUT2D eigenvalue weighted by atomic mass is 9.64. The van der Waals surface area contributed by atoms with Crippen molar-refractivity contribution in [3.63, 3.8) is 0 Å². The monoisotopic (exact) mass is 1120 g/mol. The number of aryl methyl sites for hydroxylation is 1. The Labute approximate surface area is 464 Å². The normalized spacial score (nSPS) is 24.0. The van der Waals surface area contributed by atoms with E-state index in [4.69, 9.17) is 42.7 Å². The number of hydrogen-bond donors (Lipinski definition) is 3. The van der Waals surface area contributed by atoms with E-state index in [1.165, 1.54) is 23.4 Å². The van der Waals surface area contributed by atoms with E-state index in [9.17, 15) is 14.7 Å². The fourth-order valence-corrected chi connectivity index (χ4v) is 18.2. The van der Waals surface area contributed by atoms with Gasteiger partial charge in [0.05, 0.1) is 38.7 Å². The average molecular weight is 1120 g/mol. The predicted molar refractivity (Wildman–Crippen MR) is 301 cm³/mol. The number of aromatic nitrogens is 6. The molecule has 9 atom stereocenters. The summed E-state index contributed by atoms with van der Waals surface area (Å²) in [5.41, 5.74) is 6.77. The van der Waals surface area contributed by atoms with Gasteiger partial charge in [-0.25, -0.2) is 19.7 Å². The minimum Gasteiger partial charge on any atom is -0.606 e. The van der Waals surface area contributed by atoms with Crippen LogP contribution in [0.2, 0.25) is 5.04 Å². The van der Waals surface area contributed by atoms with Crippen molar-refractivity contribution in [3.05, 3.63) is 201 Å². The number of nitrogens with zero attached hydrogens (tertiary/aromatic N) is 5. The molecule has 0 saturated carbocycles. The minimum absolute atomic E-state index is 0.00929. The molecule has 0 amide bonds. The second-order valence-corrected chi connectivity index (χ2v) is 27.2. The van der Waals surface area contributed by atoms with Crippen LogP contribution in [0, 0.1) is 6.92 Å². The highest BCUT2D eigenvalue weighted by atomic mass is 31.2. The lowest BCUT2D eigenvalue weighted by Crippen LogP contribution is -2.68. The van der Waals surface area contributed by atoms with Gasteiger partial charge < -0.3 is 39.1 Å². The maximum Gasteiger partial charge on any atom is 0.380 e. The SMILES string of the molecule is COc1ccc(C(c2ccccc2)(c2ccc(OC)cc2)C(O)[C@H]2O[C@@H](n3cnc4c(N)ncnc43)C[C@@H]2O[P+]2([O-])OCC[C@H]([C@H]3O[C@@H](n4cc(C)c(=O)[nH]c4=O)C[C@@H]3O[Si](c3ccccc3)(c3ccccc3)C(C)(C)C)O2)cc1. The van der Waals surface area contributed by atoms with Gasteiger partial charge in [0, 0.05) is 31.0 Å². The number of imidazole rings is 1. The molecule has 3 aromatic heterocycles. The number of nitrogens with one attached hydrogen (secondary N) is 1. The molecule has 3 fully saturated rings. The van der Waals surface area contributed by atoms with Gasteiger partial charge in [0.1, 0.15) is 66.3 Å². The Morgan fingerprint density at radius 1 is 0.762 bits per heavy atom.